The van der Waals surface area contributed by atoms with E-state index in [4.69, 9.17) is 9.47 Å². The van der Waals surface area contributed by atoms with E-state index >= 15 is 0 Å². The Morgan fingerprint density at radius 3 is 2.30 bits per heavy atom. The SMILES string of the molecule is C=CCN(CC=C)C(=O)Nc1ccc(OC)c(OC)c1. The van der Waals surface area contributed by atoms with Gasteiger partial charge in [-0.1, -0.05) is 12.2 Å². The molecule has 1 N–H and O–H groups in total. The summed E-state index contributed by atoms with van der Waals surface area (Å²) in [4.78, 5) is 13.7. The maximum Gasteiger partial charge on any atom is 0.322 e. The van der Waals surface area contributed by atoms with E-state index in [1.54, 1.807) is 49.5 Å². The van der Waals surface area contributed by atoms with E-state index in [0.717, 1.165) is 0 Å². The molecule has 0 unspecified atom stereocenters. The maximum absolute atomic E-state index is 12.1. The minimum atomic E-state index is -0.225. The summed E-state index contributed by atoms with van der Waals surface area (Å²) in [6.07, 6.45) is 3.33. The van der Waals surface area contributed by atoms with Crippen LogP contribution in [0.4, 0.5) is 10.5 Å². The van der Waals surface area contributed by atoms with Gasteiger partial charge in [-0.25, -0.2) is 4.79 Å². The highest BCUT2D eigenvalue weighted by atomic mass is 16.5. The summed E-state index contributed by atoms with van der Waals surface area (Å²) in [5.74, 6) is 1.17. The molecule has 0 spiro atoms. The van der Waals surface area contributed by atoms with Crippen molar-refractivity contribution in [1.29, 1.82) is 0 Å². The van der Waals surface area contributed by atoms with E-state index < -0.39 is 0 Å². The van der Waals surface area contributed by atoms with Crippen molar-refractivity contribution in [3.05, 3.63) is 43.5 Å². The Bertz CT molecular complexity index is 476. The molecule has 1 aromatic rings. The number of rotatable bonds is 7. The quantitative estimate of drug-likeness (QED) is 0.779. The van der Waals surface area contributed by atoms with Crippen molar-refractivity contribution in [3.8, 4) is 11.5 Å². The van der Waals surface area contributed by atoms with Crippen LogP contribution in [0.3, 0.4) is 0 Å². The van der Waals surface area contributed by atoms with Gasteiger partial charge >= 0.3 is 6.03 Å². The molecule has 0 aromatic heterocycles. The van der Waals surface area contributed by atoms with Crippen LogP contribution in [0.1, 0.15) is 0 Å². The second-order valence-electron chi connectivity index (χ2n) is 3.98. The molecule has 0 fully saturated rings. The van der Waals surface area contributed by atoms with E-state index in [2.05, 4.69) is 18.5 Å². The van der Waals surface area contributed by atoms with Crippen LogP contribution in [0.25, 0.3) is 0 Å². The van der Waals surface area contributed by atoms with Crippen LogP contribution < -0.4 is 14.8 Å². The average Bonchev–Trinajstić information content (AvgIpc) is 2.46. The van der Waals surface area contributed by atoms with Gasteiger partial charge < -0.3 is 19.7 Å². The number of ether oxygens (including phenoxy) is 2. The Balaban J connectivity index is 2.83. The third kappa shape index (κ3) is 4.05. The average molecular weight is 276 g/mol. The van der Waals surface area contributed by atoms with Crippen molar-refractivity contribution >= 4 is 11.7 Å². The van der Waals surface area contributed by atoms with Crippen LogP contribution in [0.5, 0.6) is 11.5 Å². The van der Waals surface area contributed by atoms with Gasteiger partial charge in [0.2, 0.25) is 0 Å². The molecule has 0 radical (unpaired) electrons. The highest BCUT2D eigenvalue weighted by Gasteiger charge is 2.12. The summed E-state index contributed by atoms with van der Waals surface area (Å²) < 4.78 is 10.3. The number of nitrogens with zero attached hydrogens (tertiary/aromatic N) is 1. The van der Waals surface area contributed by atoms with Gasteiger partial charge in [-0.3, -0.25) is 0 Å². The monoisotopic (exact) mass is 276 g/mol. The first-order valence-corrected chi connectivity index (χ1v) is 6.16. The molecule has 5 heteroatoms. The van der Waals surface area contributed by atoms with Crippen molar-refractivity contribution < 1.29 is 14.3 Å². The van der Waals surface area contributed by atoms with E-state index in [9.17, 15) is 4.79 Å². The molecule has 0 atom stereocenters. The van der Waals surface area contributed by atoms with Crippen LogP contribution >= 0.6 is 0 Å². The number of benzene rings is 1. The van der Waals surface area contributed by atoms with Gasteiger partial charge in [0.15, 0.2) is 11.5 Å². The number of nitrogens with one attached hydrogen (secondary N) is 1. The van der Waals surface area contributed by atoms with E-state index in [1.807, 2.05) is 0 Å². The highest BCUT2D eigenvalue weighted by Crippen LogP contribution is 2.29. The summed E-state index contributed by atoms with van der Waals surface area (Å²) in [7, 11) is 3.11. The van der Waals surface area contributed by atoms with Gasteiger partial charge in [0, 0.05) is 24.8 Å². The molecule has 0 aliphatic heterocycles. The van der Waals surface area contributed by atoms with E-state index in [-0.39, 0.29) is 6.03 Å². The fraction of sp³-hybridized carbons (Fsp3) is 0.267. The molecule has 108 valence electrons. The molecule has 0 saturated carbocycles. The molecule has 2 amide bonds. The molecule has 1 aromatic carbocycles. The summed E-state index contributed by atoms with van der Waals surface area (Å²) >= 11 is 0. The third-order valence-electron chi connectivity index (χ3n) is 2.62. The second kappa shape index (κ2) is 7.89. The molecule has 1 rings (SSSR count). The lowest BCUT2D eigenvalue weighted by atomic mass is 10.2. The lowest BCUT2D eigenvalue weighted by Crippen LogP contribution is -2.35. The topological polar surface area (TPSA) is 50.8 Å². The Labute approximate surface area is 119 Å². The van der Waals surface area contributed by atoms with Crippen LogP contribution in [0, 0.1) is 0 Å². The molecule has 0 bridgehead atoms. The summed E-state index contributed by atoms with van der Waals surface area (Å²) in [5, 5.41) is 2.79. The fourth-order valence-electron chi connectivity index (χ4n) is 1.67. The molecule has 0 aliphatic rings. The fourth-order valence-corrected chi connectivity index (χ4v) is 1.67. The Morgan fingerprint density at radius 2 is 1.80 bits per heavy atom. The minimum Gasteiger partial charge on any atom is -0.493 e. The van der Waals surface area contributed by atoms with Gasteiger partial charge in [0.05, 0.1) is 14.2 Å². The smallest absolute Gasteiger partial charge is 0.322 e. The van der Waals surface area contributed by atoms with Crippen molar-refractivity contribution in [2.75, 3.05) is 32.6 Å². The number of carbonyl (C=O) groups excluding carboxylic acids is 1. The molecule has 5 nitrogen and oxygen atoms in total. The predicted octanol–water partition coefficient (Wildman–Crippen LogP) is 2.91. The van der Waals surface area contributed by atoms with Crippen LogP contribution in [-0.4, -0.2) is 38.2 Å². The Morgan fingerprint density at radius 1 is 1.20 bits per heavy atom. The second-order valence-corrected chi connectivity index (χ2v) is 3.98. The number of amides is 2. The summed E-state index contributed by atoms with van der Waals surface area (Å²) in [6, 6.07) is 4.97. The zero-order valence-corrected chi connectivity index (χ0v) is 11.9. The maximum atomic E-state index is 12.1. The van der Waals surface area contributed by atoms with Crippen molar-refractivity contribution in [3.63, 3.8) is 0 Å². The van der Waals surface area contributed by atoms with Crippen LogP contribution in [0.2, 0.25) is 0 Å². The number of hydrogen-bond acceptors (Lipinski definition) is 3. The number of methoxy groups -OCH3 is 2. The molecular weight excluding hydrogens is 256 g/mol. The molecule has 0 heterocycles. The van der Waals surface area contributed by atoms with Crippen molar-refractivity contribution in [2.24, 2.45) is 0 Å². The molecule has 0 aliphatic carbocycles. The number of urea groups is 1. The first-order chi connectivity index (χ1) is 9.65. The first-order valence-electron chi connectivity index (χ1n) is 6.16. The first kappa shape index (κ1) is 15.6. The predicted molar refractivity (Wildman–Crippen MR) is 80.5 cm³/mol. The summed E-state index contributed by atoms with van der Waals surface area (Å²) in [6.45, 7) is 8.16. The molecular formula is C15H20N2O3. The van der Waals surface area contributed by atoms with Gasteiger partial charge in [-0.2, -0.15) is 0 Å². The van der Waals surface area contributed by atoms with Gasteiger partial charge in [-0.15, -0.1) is 13.2 Å². The van der Waals surface area contributed by atoms with E-state index in [1.165, 1.54) is 0 Å². The Hall–Kier alpha value is -2.43. The lowest BCUT2D eigenvalue weighted by molar-refractivity contribution is 0.222. The zero-order chi connectivity index (χ0) is 15.0. The zero-order valence-electron chi connectivity index (χ0n) is 11.9. The third-order valence-corrected chi connectivity index (χ3v) is 2.62. The van der Waals surface area contributed by atoms with Gasteiger partial charge in [0.1, 0.15) is 0 Å². The van der Waals surface area contributed by atoms with E-state index in [0.29, 0.717) is 30.3 Å². The molecule has 20 heavy (non-hydrogen) atoms. The van der Waals surface area contributed by atoms with Crippen molar-refractivity contribution in [2.45, 2.75) is 0 Å². The number of anilines is 1. The van der Waals surface area contributed by atoms with Gasteiger partial charge in [-0.05, 0) is 12.1 Å². The minimum absolute atomic E-state index is 0.225. The summed E-state index contributed by atoms with van der Waals surface area (Å²) in [5.41, 5.74) is 0.630. The lowest BCUT2D eigenvalue weighted by Gasteiger charge is -2.20. The normalized spacial score (nSPS) is 9.50. The van der Waals surface area contributed by atoms with Crippen LogP contribution in [0.15, 0.2) is 43.5 Å². The number of carbonyl (C=O) groups is 1. The standard InChI is InChI=1S/C15H20N2O3/c1-5-9-17(10-6-2)15(18)16-12-7-8-13(19-3)14(11-12)20-4/h5-8,11H,1-2,9-10H2,3-4H3,(H,16,18). The highest BCUT2D eigenvalue weighted by molar-refractivity contribution is 5.90. The van der Waals surface area contributed by atoms with Crippen LogP contribution in [-0.2, 0) is 0 Å². The largest absolute Gasteiger partial charge is 0.493 e. The molecule has 0 saturated heterocycles. The Kier molecular flexibility index (Phi) is 6.16. The number of hydrogen-bond donors (Lipinski definition) is 1. The van der Waals surface area contributed by atoms with Gasteiger partial charge in [0.25, 0.3) is 0 Å². The van der Waals surface area contributed by atoms with Crippen molar-refractivity contribution in [1.82, 2.24) is 4.90 Å².